The fraction of sp³-hybridized carbons (Fsp3) is 0.333. The molecule has 6 nitrogen and oxygen atoms in total. The smallest absolute Gasteiger partial charge is 0.187 e. The molecule has 0 atom stereocenters. The molecule has 0 aliphatic carbocycles. The molecule has 2 N–H and O–H groups in total. The Balaban J connectivity index is 1.84. The summed E-state index contributed by atoms with van der Waals surface area (Å²) in [6.45, 7) is 3.31. The number of methoxy groups -OCH3 is 1. The van der Waals surface area contributed by atoms with E-state index in [0.717, 1.165) is 29.9 Å². The van der Waals surface area contributed by atoms with Gasteiger partial charge >= 0.3 is 0 Å². The largest absolute Gasteiger partial charge is 0.493 e. The second kappa shape index (κ2) is 10.4. The summed E-state index contributed by atoms with van der Waals surface area (Å²) < 4.78 is 16.3. The van der Waals surface area contributed by atoms with E-state index in [4.69, 9.17) is 26.1 Å². The fourth-order valence-corrected chi connectivity index (χ4v) is 2.12. The van der Waals surface area contributed by atoms with Crippen molar-refractivity contribution in [1.29, 1.82) is 0 Å². The summed E-state index contributed by atoms with van der Waals surface area (Å²) in [4.78, 5) is 0. The molecule has 25 heavy (non-hydrogen) atoms. The lowest BCUT2D eigenvalue weighted by atomic mass is 10.2. The highest BCUT2D eigenvalue weighted by molar-refractivity contribution is 7.80. The van der Waals surface area contributed by atoms with Crippen LogP contribution in [0.25, 0.3) is 0 Å². The SMILES string of the molecule is CCCCOc1ccc(/C=N\NC(=S)NCc2ccco2)cc1OC. The minimum Gasteiger partial charge on any atom is -0.493 e. The monoisotopic (exact) mass is 361 g/mol. The van der Waals surface area contributed by atoms with Crippen LogP contribution in [-0.4, -0.2) is 25.0 Å². The Labute approximate surface area is 153 Å². The van der Waals surface area contributed by atoms with Crippen molar-refractivity contribution in [1.82, 2.24) is 10.7 Å². The third-order valence-electron chi connectivity index (χ3n) is 3.33. The van der Waals surface area contributed by atoms with Crippen LogP contribution in [0.4, 0.5) is 0 Å². The number of rotatable bonds is 9. The second-order valence-corrected chi connectivity index (χ2v) is 5.65. The first-order valence-electron chi connectivity index (χ1n) is 8.13. The zero-order chi connectivity index (χ0) is 17.9. The zero-order valence-corrected chi connectivity index (χ0v) is 15.3. The number of hydrogen-bond acceptors (Lipinski definition) is 5. The van der Waals surface area contributed by atoms with Crippen molar-refractivity contribution >= 4 is 23.5 Å². The molecular weight excluding hydrogens is 338 g/mol. The summed E-state index contributed by atoms with van der Waals surface area (Å²) in [6, 6.07) is 9.35. The third kappa shape index (κ3) is 6.46. The average molecular weight is 361 g/mol. The van der Waals surface area contributed by atoms with E-state index in [0.29, 0.717) is 24.0 Å². The second-order valence-electron chi connectivity index (χ2n) is 5.24. The molecule has 1 aromatic heterocycles. The summed E-state index contributed by atoms with van der Waals surface area (Å²) in [6.07, 6.45) is 5.39. The van der Waals surface area contributed by atoms with E-state index >= 15 is 0 Å². The Hall–Kier alpha value is -2.54. The summed E-state index contributed by atoms with van der Waals surface area (Å²) in [5, 5.41) is 7.53. The highest BCUT2D eigenvalue weighted by atomic mass is 32.1. The lowest BCUT2D eigenvalue weighted by molar-refractivity contribution is 0.288. The van der Waals surface area contributed by atoms with E-state index in [-0.39, 0.29) is 0 Å². The maximum atomic E-state index is 5.71. The van der Waals surface area contributed by atoms with E-state index in [1.807, 2.05) is 30.3 Å². The van der Waals surface area contributed by atoms with E-state index in [9.17, 15) is 0 Å². The lowest BCUT2D eigenvalue weighted by Crippen LogP contribution is -2.31. The van der Waals surface area contributed by atoms with Crippen molar-refractivity contribution in [3.05, 3.63) is 47.9 Å². The molecule has 1 aromatic carbocycles. The third-order valence-corrected chi connectivity index (χ3v) is 3.56. The first-order valence-corrected chi connectivity index (χ1v) is 8.54. The van der Waals surface area contributed by atoms with Crippen LogP contribution in [0, 0.1) is 0 Å². The van der Waals surface area contributed by atoms with Gasteiger partial charge in [-0.2, -0.15) is 5.10 Å². The molecule has 0 bridgehead atoms. The highest BCUT2D eigenvalue weighted by Crippen LogP contribution is 2.27. The van der Waals surface area contributed by atoms with Gasteiger partial charge < -0.3 is 19.2 Å². The number of hydrazone groups is 1. The van der Waals surface area contributed by atoms with Crippen molar-refractivity contribution in [3.63, 3.8) is 0 Å². The fourth-order valence-electron chi connectivity index (χ4n) is 2.00. The molecule has 134 valence electrons. The van der Waals surface area contributed by atoms with Gasteiger partial charge in [-0.05, 0) is 54.5 Å². The van der Waals surface area contributed by atoms with Crippen molar-refractivity contribution in [2.24, 2.45) is 5.10 Å². The molecular formula is C18H23N3O3S. The van der Waals surface area contributed by atoms with Crippen molar-refractivity contribution in [2.45, 2.75) is 26.3 Å². The van der Waals surface area contributed by atoms with Gasteiger partial charge in [0.05, 0.1) is 32.7 Å². The molecule has 0 aliphatic rings. The van der Waals surface area contributed by atoms with Gasteiger partial charge in [-0.15, -0.1) is 0 Å². The van der Waals surface area contributed by atoms with E-state index in [2.05, 4.69) is 22.8 Å². The minimum atomic E-state index is 0.416. The summed E-state index contributed by atoms with van der Waals surface area (Å²) >= 11 is 5.15. The van der Waals surface area contributed by atoms with Crippen LogP contribution in [0.3, 0.4) is 0 Å². The Morgan fingerprint density at radius 1 is 1.32 bits per heavy atom. The van der Waals surface area contributed by atoms with Crippen molar-refractivity contribution < 1.29 is 13.9 Å². The molecule has 2 aromatic rings. The van der Waals surface area contributed by atoms with Gasteiger partial charge in [0, 0.05) is 0 Å². The summed E-state index contributed by atoms with van der Waals surface area (Å²) in [7, 11) is 1.62. The predicted octanol–water partition coefficient (Wildman–Crippen LogP) is 3.47. The first kappa shape index (κ1) is 18.8. The van der Waals surface area contributed by atoms with Gasteiger partial charge in [-0.3, -0.25) is 5.43 Å². The van der Waals surface area contributed by atoms with Crippen molar-refractivity contribution in [2.75, 3.05) is 13.7 Å². The quantitative estimate of drug-likeness (QED) is 0.309. The van der Waals surface area contributed by atoms with E-state index in [1.54, 1.807) is 19.6 Å². The summed E-state index contributed by atoms with van der Waals surface area (Å²) in [5.74, 6) is 2.21. The number of thiocarbonyl (C=S) groups is 1. The zero-order valence-electron chi connectivity index (χ0n) is 14.5. The number of ether oxygens (including phenoxy) is 2. The average Bonchev–Trinajstić information content (AvgIpc) is 3.14. The Kier molecular flexibility index (Phi) is 7.78. The van der Waals surface area contributed by atoms with Crippen LogP contribution >= 0.6 is 12.2 Å². The molecule has 1 heterocycles. The topological polar surface area (TPSA) is 68.0 Å². The molecule has 0 amide bonds. The number of unbranched alkanes of at least 4 members (excludes halogenated alkanes) is 1. The number of nitrogens with zero attached hydrogens (tertiary/aromatic N) is 1. The molecule has 0 saturated carbocycles. The number of nitrogens with one attached hydrogen (secondary N) is 2. The maximum absolute atomic E-state index is 5.71. The number of hydrogen-bond donors (Lipinski definition) is 2. The molecule has 2 rings (SSSR count). The predicted molar refractivity (Wildman–Crippen MR) is 102 cm³/mol. The maximum Gasteiger partial charge on any atom is 0.187 e. The molecule has 7 heteroatoms. The van der Waals surface area contributed by atoms with Crippen LogP contribution in [0.15, 0.2) is 46.1 Å². The Morgan fingerprint density at radius 3 is 2.92 bits per heavy atom. The van der Waals surface area contributed by atoms with Gasteiger partial charge in [0.25, 0.3) is 0 Å². The number of furan rings is 1. The van der Waals surface area contributed by atoms with Crippen molar-refractivity contribution in [3.8, 4) is 11.5 Å². The molecule has 0 unspecified atom stereocenters. The first-order chi connectivity index (χ1) is 12.2. The molecule has 0 aliphatic heterocycles. The van der Waals surface area contributed by atoms with Gasteiger partial charge in [0.15, 0.2) is 16.6 Å². The van der Waals surface area contributed by atoms with Gasteiger partial charge in [-0.25, -0.2) is 0 Å². The Morgan fingerprint density at radius 2 is 2.20 bits per heavy atom. The van der Waals surface area contributed by atoms with Crippen LogP contribution in [0.2, 0.25) is 0 Å². The molecule has 0 fully saturated rings. The highest BCUT2D eigenvalue weighted by Gasteiger charge is 2.05. The normalized spacial score (nSPS) is 10.6. The van der Waals surface area contributed by atoms with Gasteiger partial charge in [-0.1, -0.05) is 13.3 Å². The van der Waals surface area contributed by atoms with Crippen LogP contribution in [0.5, 0.6) is 11.5 Å². The lowest BCUT2D eigenvalue weighted by Gasteiger charge is -2.10. The molecule has 0 spiro atoms. The standard InChI is InChI=1S/C18H23N3O3S/c1-3-4-9-24-16-8-7-14(11-17(16)22-2)12-20-21-18(25)19-13-15-6-5-10-23-15/h5-8,10-12H,3-4,9,13H2,1-2H3,(H2,19,21,25)/b20-12-. The summed E-state index contributed by atoms with van der Waals surface area (Å²) in [5.41, 5.74) is 3.64. The van der Waals surface area contributed by atoms with Gasteiger partial charge in [0.1, 0.15) is 5.76 Å². The van der Waals surface area contributed by atoms with Crippen LogP contribution < -0.4 is 20.2 Å². The Bertz CT molecular complexity index is 687. The van der Waals surface area contributed by atoms with E-state index in [1.165, 1.54) is 0 Å². The van der Waals surface area contributed by atoms with Gasteiger partial charge in [0.2, 0.25) is 0 Å². The van der Waals surface area contributed by atoms with Crippen LogP contribution in [-0.2, 0) is 6.54 Å². The van der Waals surface area contributed by atoms with Crippen LogP contribution in [0.1, 0.15) is 31.1 Å². The molecule has 0 radical (unpaired) electrons. The minimum absolute atomic E-state index is 0.416. The number of benzene rings is 1. The van der Waals surface area contributed by atoms with E-state index < -0.39 is 0 Å². The molecule has 0 saturated heterocycles.